The SMILES string of the molecule is Fc1ccc(CN2CCC(Nc3nc(Nc4cccc(C(F)(F)F)c4)nc(OCC(F)(F)F)n3)CC2)c(F)c1. The van der Waals surface area contributed by atoms with Gasteiger partial charge in [-0.25, -0.2) is 8.78 Å². The van der Waals surface area contributed by atoms with Crippen LogP contribution < -0.4 is 15.4 Å². The highest BCUT2D eigenvalue weighted by Crippen LogP contribution is 2.31. The molecule has 39 heavy (non-hydrogen) atoms. The summed E-state index contributed by atoms with van der Waals surface area (Å²) >= 11 is 0. The Hall–Kier alpha value is -3.75. The van der Waals surface area contributed by atoms with Crippen LogP contribution >= 0.6 is 0 Å². The zero-order valence-corrected chi connectivity index (χ0v) is 20.1. The third kappa shape index (κ3) is 8.37. The lowest BCUT2D eigenvalue weighted by atomic mass is 10.0. The number of nitrogens with one attached hydrogen (secondary N) is 2. The van der Waals surface area contributed by atoms with Crippen molar-refractivity contribution in [3.63, 3.8) is 0 Å². The molecule has 0 unspecified atom stereocenters. The first-order valence-electron chi connectivity index (χ1n) is 11.7. The average molecular weight is 562 g/mol. The molecule has 0 radical (unpaired) electrons. The van der Waals surface area contributed by atoms with Gasteiger partial charge in [0, 0.05) is 43.0 Å². The highest BCUT2D eigenvalue weighted by atomic mass is 19.4. The number of hydrogen-bond donors (Lipinski definition) is 2. The molecule has 0 aliphatic carbocycles. The van der Waals surface area contributed by atoms with Crippen LogP contribution in [0.25, 0.3) is 0 Å². The first kappa shape index (κ1) is 28.3. The van der Waals surface area contributed by atoms with Gasteiger partial charge in [-0.05, 0) is 37.1 Å². The van der Waals surface area contributed by atoms with Crippen LogP contribution in [0.15, 0.2) is 42.5 Å². The molecular weight excluding hydrogens is 540 g/mol. The van der Waals surface area contributed by atoms with Crippen LogP contribution in [0.1, 0.15) is 24.0 Å². The Morgan fingerprint density at radius 3 is 2.28 bits per heavy atom. The van der Waals surface area contributed by atoms with E-state index >= 15 is 0 Å². The number of likely N-dealkylation sites (tertiary alicyclic amines) is 1. The van der Waals surface area contributed by atoms with Gasteiger partial charge in [0.15, 0.2) is 6.61 Å². The Morgan fingerprint density at radius 2 is 1.62 bits per heavy atom. The molecule has 3 aromatic rings. The number of alkyl halides is 6. The lowest BCUT2D eigenvalue weighted by molar-refractivity contribution is -0.154. The first-order chi connectivity index (χ1) is 18.3. The molecule has 1 saturated heterocycles. The van der Waals surface area contributed by atoms with E-state index in [1.807, 2.05) is 4.90 Å². The van der Waals surface area contributed by atoms with Gasteiger partial charge in [-0.2, -0.15) is 41.3 Å². The van der Waals surface area contributed by atoms with Crippen molar-refractivity contribution in [2.45, 2.75) is 37.8 Å². The van der Waals surface area contributed by atoms with Gasteiger partial charge in [0.2, 0.25) is 11.9 Å². The molecule has 0 atom stereocenters. The van der Waals surface area contributed by atoms with E-state index in [1.165, 1.54) is 18.2 Å². The number of aromatic nitrogens is 3. The maximum Gasteiger partial charge on any atom is 0.422 e. The molecule has 1 aliphatic heterocycles. The Bertz CT molecular complexity index is 1280. The second-order valence-electron chi connectivity index (χ2n) is 8.80. The maximum atomic E-state index is 14.0. The van der Waals surface area contributed by atoms with Crippen molar-refractivity contribution in [2.75, 3.05) is 30.3 Å². The zero-order chi connectivity index (χ0) is 28.2. The van der Waals surface area contributed by atoms with Crippen LogP contribution in [-0.4, -0.2) is 51.8 Å². The third-order valence-electron chi connectivity index (χ3n) is 5.76. The quantitative estimate of drug-likeness (QED) is 0.330. The predicted octanol–water partition coefficient (Wildman–Crippen LogP) is 5.93. The largest absolute Gasteiger partial charge is 0.454 e. The number of hydrogen-bond acceptors (Lipinski definition) is 7. The number of rotatable bonds is 8. The van der Waals surface area contributed by atoms with E-state index in [9.17, 15) is 35.1 Å². The van der Waals surface area contributed by atoms with Gasteiger partial charge in [0.1, 0.15) is 11.6 Å². The number of benzene rings is 2. The standard InChI is InChI=1S/C24H22F8N6O/c25-16-5-4-14(19(26)11-16)12-38-8-6-17(7-9-38)33-20-35-21(37-22(36-20)39-13-23(27,28)29)34-18-3-1-2-15(10-18)24(30,31)32/h1-5,10-11,17H,6-9,12-13H2,(H2,33,34,35,36,37). The number of nitrogens with zero attached hydrogens (tertiary/aromatic N) is 4. The summed E-state index contributed by atoms with van der Waals surface area (Å²) in [4.78, 5) is 13.6. The molecule has 0 spiro atoms. The second-order valence-corrected chi connectivity index (χ2v) is 8.80. The van der Waals surface area contributed by atoms with Crippen LogP contribution in [0.4, 0.5) is 52.7 Å². The van der Waals surface area contributed by atoms with Crippen molar-refractivity contribution < 1.29 is 39.9 Å². The van der Waals surface area contributed by atoms with Gasteiger partial charge in [-0.1, -0.05) is 12.1 Å². The van der Waals surface area contributed by atoms with Gasteiger partial charge in [0.25, 0.3) is 0 Å². The van der Waals surface area contributed by atoms with Gasteiger partial charge in [0.05, 0.1) is 5.56 Å². The Morgan fingerprint density at radius 1 is 0.897 bits per heavy atom. The summed E-state index contributed by atoms with van der Waals surface area (Å²) < 4.78 is 109. The predicted molar refractivity (Wildman–Crippen MR) is 124 cm³/mol. The Balaban J connectivity index is 1.45. The van der Waals surface area contributed by atoms with Gasteiger partial charge in [-0.3, -0.25) is 4.90 Å². The molecular formula is C24H22F8N6O. The molecule has 210 valence electrons. The van der Waals surface area contributed by atoms with Gasteiger partial charge >= 0.3 is 18.4 Å². The molecule has 0 amide bonds. The summed E-state index contributed by atoms with van der Waals surface area (Å²) in [6, 6.07) is 6.58. The van der Waals surface area contributed by atoms with E-state index in [1.54, 1.807) is 0 Å². The molecule has 7 nitrogen and oxygen atoms in total. The maximum absolute atomic E-state index is 14.0. The summed E-state index contributed by atoms with van der Waals surface area (Å²) in [7, 11) is 0. The smallest absolute Gasteiger partial charge is 0.422 e. The monoisotopic (exact) mass is 562 g/mol. The molecule has 2 N–H and O–H groups in total. The molecule has 1 fully saturated rings. The zero-order valence-electron chi connectivity index (χ0n) is 20.1. The highest BCUT2D eigenvalue weighted by molar-refractivity contribution is 5.56. The van der Waals surface area contributed by atoms with Crippen molar-refractivity contribution in [3.8, 4) is 6.01 Å². The first-order valence-corrected chi connectivity index (χ1v) is 11.7. The Kier molecular flexibility index (Phi) is 8.37. The topological polar surface area (TPSA) is 75.2 Å². The van der Waals surface area contributed by atoms with E-state index in [2.05, 4.69) is 30.3 Å². The lowest BCUT2D eigenvalue weighted by Crippen LogP contribution is -2.39. The molecule has 0 bridgehead atoms. The van der Waals surface area contributed by atoms with E-state index in [-0.39, 0.29) is 30.2 Å². The van der Waals surface area contributed by atoms with Crippen molar-refractivity contribution in [1.82, 2.24) is 19.9 Å². The highest BCUT2D eigenvalue weighted by Gasteiger charge is 2.31. The summed E-state index contributed by atoms with van der Waals surface area (Å²) in [5.74, 6) is -1.78. The molecule has 2 heterocycles. The van der Waals surface area contributed by atoms with Crippen LogP contribution in [0, 0.1) is 11.6 Å². The molecule has 1 aliphatic rings. The second kappa shape index (κ2) is 11.6. The lowest BCUT2D eigenvalue weighted by Gasteiger charge is -2.32. The summed E-state index contributed by atoms with van der Waals surface area (Å²) in [6.07, 6.45) is -8.22. The summed E-state index contributed by atoms with van der Waals surface area (Å²) in [5, 5.41) is 5.53. The Labute approximate surface area is 217 Å². The van der Waals surface area contributed by atoms with Crippen molar-refractivity contribution in [1.29, 1.82) is 0 Å². The van der Waals surface area contributed by atoms with E-state index in [0.717, 1.165) is 24.3 Å². The fourth-order valence-corrected chi connectivity index (χ4v) is 3.90. The van der Waals surface area contributed by atoms with Crippen molar-refractivity contribution in [2.24, 2.45) is 0 Å². The molecule has 0 saturated carbocycles. The van der Waals surface area contributed by atoms with Crippen molar-refractivity contribution >= 4 is 17.6 Å². The van der Waals surface area contributed by atoms with Crippen LogP contribution in [0.3, 0.4) is 0 Å². The van der Waals surface area contributed by atoms with Gasteiger partial charge in [-0.15, -0.1) is 0 Å². The average Bonchev–Trinajstić information content (AvgIpc) is 2.85. The van der Waals surface area contributed by atoms with Crippen LogP contribution in [-0.2, 0) is 12.7 Å². The molecule has 4 rings (SSSR count). The van der Waals surface area contributed by atoms with Crippen LogP contribution in [0.2, 0.25) is 0 Å². The fourth-order valence-electron chi connectivity index (χ4n) is 3.90. The van der Waals surface area contributed by atoms with Crippen LogP contribution in [0.5, 0.6) is 6.01 Å². The minimum atomic E-state index is -4.67. The van der Waals surface area contributed by atoms with E-state index in [4.69, 9.17) is 0 Å². The third-order valence-corrected chi connectivity index (χ3v) is 5.76. The van der Waals surface area contributed by atoms with E-state index < -0.39 is 42.2 Å². The summed E-state index contributed by atoms with van der Waals surface area (Å²) in [6.45, 7) is -0.373. The number of anilines is 3. The van der Waals surface area contributed by atoms with Crippen molar-refractivity contribution in [3.05, 3.63) is 65.2 Å². The number of halogens is 8. The molecule has 15 heteroatoms. The minimum absolute atomic E-state index is 0.0509. The summed E-state index contributed by atoms with van der Waals surface area (Å²) in [5.41, 5.74) is -0.650. The normalized spacial score (nSPS) is 15.3. The minimum Gasteiger partial charge on any atom is -0.454 e. The molecule has 2 aromatic carbocycles. The molecule has 1 aromatic heterocycles. The fraction of sp³-hybridized carbons (Fsp3) is 0.375. The van der Waals surface area contributed by atoms with Gasteiger partial charge < -0.3 is 15.4 Å². The van der Waals surface area contributed by atoms with E-state index in [0.29, 0.717) is 31.5 Å². The number of ether oxygens (including phenoxy) is 1. The number of piperidine rings is 1.